The number of carbonyl (C=O) groups excluding carboxylic acids is 3. The molecule has 16 heteroatoms. The Kier molecular flexibility index (Phi) is 12.6. The monoisotopic (exact) mass is 606 g/mol. The number of halogens is 6. The second kappa shape index (κ2) is 15.4. The first-order valence-electron chi connectivity index (χ1n) is 12.6. The summed E-state index contributed by atoms with van der Waals surface area (Å²) in [4.78, 5) is 39.8. The number of nitrogens with one attached hydrogen (secondary N) is 2. The summed E-state index contributed by atoms with van der Waals surface area (Å²) in [5, 5.41) is 4.94. The number of hydrogen-bond acceptors (Lipinski definition) is 7. The van der Waals surface area contributed by atoms with Gasteiger partial charge in [-0.1, -0.05) is 24.3 Å². The van der Waals surface area contributed by atoms with Crippen LogP contribution in [0.5, 0.6) is 5.75 Å². The van der Waals surface area contributed by atoms with E-state index >= 15 is 0 Å². The van der Waals surface area contributed by atoms with Gasteiger partial charge in [0.05, 0.1) is 18.0 Å². The van der Waals surface area contributed by atoms with Gasteiger partial charge < -0.3 is 37.5 Å². The maximum absolute atomic E-state index is 13.0. The molecule has 2 aromatic carbocycles. The van der Waals surface area contributed by atoms with Crippen LogP contribution in [0.1, 0.15) is 23.1 Å². The largest absolute Gasteiger partial charge is 0.573 e. The molecule has 0 heterocycles. The summed E-state index contributed by atoms with van der Waals surface area (Å²) >= 11 is 0. The van der Waals surface area contributed by atoms with Gasteiger partial charge in [0.25, 0.3) is 0 Å². The van der Waals surface area contributed by atoms with Crippen LogP contribution in [-0.2, 0) is 33.5 Å². The van der Waals surface area contributed by atoms with Gasteiger partial charge in [-0.15, -0.1) is 13.2 Å². The average molecular weight is 607 g/mol. The Labute approximate surface area is 237 Å². The van der Waals surface area contributed by atoms with Crippen LogP contribution in [0.2, 0.25) is 0 Å². The lowest BCUT2D eigenvalue weighted by atomic mass is 10.0. The number of benzene rings is 2. The van der Waals surface area contributed by atoms with Gasteiger partial charge in [-0.25, -0.2) is 0 Å². The van der Waals surface area contributed by atoms with Crippen LogP contribution in [0, 0.1) is 0 Å². The van der Waals surface area contributed by atoms with Crippen molar-refractivity contribution in [2.75, 3.05) is 26.2 Å². The number of amides is 3. The molecule has 0 bridgehead atoms. The maximum Gasteiger partial charge on any atom is 0.573 e. The third-order valence-electron chi connectivity index (χ3n) is 5.86. The first kappa shape index (κ1) is 34.3. The fraction of sp³-hybridized carbons (Fsp3) is 0.423. The molecular weight excluding hydrogens is 574 g/mol. The van der Waals surface area contributed by atoms with Crippen LogP contribution in [0.25, 0.3) is 0 Å². The molecule has 1 unspecified atom stereocenters. The molecule has 2 atom stereocenters. The lowest BCUT2D eigenvalue weighted by molar-refractivity contribution is -0.274. The number of nitrogens with zero attached hydrogens (tertiary/aromatic N) is 1. The van der Waals surface area contributed by atoms with Crippen molar-refractivity contribution >= 4 is 17.7 Å². The van der Waals surface area contributed by atoms with E-state index in [1.54, 1.807) is 0 Å². The Hall–Kier alpha value is -3.89. The van der Waals surface area contributed by atoms with E-state index in [2.05, 4.69) is 15.4 Å². The van der Waals surface area contributed by atoms with E-state index < -0.39 is 60.1 Å². The van der Waals surface area contributed by atoms with Gasteiger partial charge in [0.1, 0.15) is 11.8 Å². The van der Waals surface area contributed by atoms with Gasteiger partial charge in [-0.05, 0) is 35.4 Å². The average Bonchev–Trinajstić information content (AvgIpc) is 2.90. The van der Waals surface area contributed by atoms with Gasteiger partial charge in [0.2, 0.25) is 17.7 Å². The highest BCUT2D eigenvalue weighted by Crippen LogP contribution is 2.29. The highest BCUT2D eigenvalue weighted by molar-refractivity contribution is 5.92. The molecule has 0 fully saturated rings. The molecule has 8 N–H and O–H groups in total. The minimum Gasteiger partial charge on any atom is -0.406 e. The normalized spacial score (nSPS) is 13.2. The van der Waals surface area contributed by atoms with Crippen molar-refractivity contribution in [2.24, 2.45) is 17.2 Å². The molecule has 0 aliphatic rings. The van der Waals surface area contributed by atoms with E-state index in [-0.39, 0.29) is 44.7 Å². The van der Waals surface area contributed by atoms with Crippen LogP contribution >= 0.6 is 0 Å². The zero-order chi connectivity index (χ0) is 31.5. The number of nitrogens with two attached hydrogens (primary N) is 3. The zero-order valence-corrected chi connectivity index (χ0v) is 22.3. The fourth-order valence-electron chi connectivity index (χ4n) is 3.76. The van der Waals surface area contributed by atoms with Crippen LogP contribution < -0.4 is 32.6 Å². The second-order valence-corrected chi connectivity index (χ2v) is 9.14. The molecule has 232 valence electrons. The van der Waals surface area contributed by atoms with Crippen molar-refractivity contribution in [2.45, 2.75) is 44.0 Å². The van der Waals surface area contributed by atoms with Gasteiger partial charge >= 0.3 is 12.5 Å². The third kappa shape index (κ3) is 11.5. The highest BCUT2D eigenvalue weighted by Gasteiger charge is 2.32. The van der Waals surface area contributed by atoms with Gasteiger partial charge in [-0.2, -0.15) is 13.2 Å². The van der Waals surface area contributed by atoms with E-state index in [9.17, 15) is 40.7 Å². The molecular formula is C26H32F6N6O4. The summed E-state index contributed by atoms with van der Waals surface area (Å²) < 4.78 is 79.8. The Balaban J connectivity index is 2.14. The lowest BCUT2D eigenvalue weighted by Gasteiger charge is -2.24. The van der Waals surface area contributed by atoms with E-state index in [1.807, 2.05) is 0 Å². The first-order valence-corrected chi connectivity index (χ1v) is 12.6. The van der Waals surface area contributed by atoms with Crippen molar-refractivity contribution < 1.29 is 45.5 Å². The Morgan fingerprint density at radius 3 is 1.88 bits per heavy atom. The first-order chi connectivity index (χ1) is 19.6. The Bertz CT molecular complexity index is 1170. The molecule has 0 spiro atoms. The number of rotatable bonds is 14. The maximum atomic E-state index is 13.0. The Morgan fingerprint density at radius 1 is 0.833 bits per heavy atom. The van der Waals surface area contributed by atoms with Crippen molar-refractivity contribution in [3.63, 3.8) is 0 Å². The SMILES string of the molecule is NCCN(CCN)C(=O)C[C@H](N)C(=O)NC(Cc1ccc(C(F)(F)F)cc1)C(=O)NCc1ccc(OC(F)(F)F)cc1. The molecule has 42 heavy (non-hydrogen) atoms. The van der Waals surface area contributed by atoms with Crippen molar-refractivity contribution in [1.29, 1.82) is 0 Å². The predicted molar refractivity (Wildman–Crippen MR) is 139 cm³/mol. The summed E-state index contributed by atoms with van der Waals surface area (Å²) in [7, 11) is 0. The smallest absolute Gasteiger partial charge is 0.406 e. The number of carbonyl (C=O) groups is 3. The van der Waals surface area contributed by atoms with Crippen molar-refractivity contribution in [3.05, 3.63) is 65.2 Å². The predicted octanol–water partition coefficient (Wildman–Crippen LogP) is 1.41. The van der Waals surface area contributed by atoms with E-state index in [4.69, 9.17) is 17.2 Å². The van der Waals surface area contributed by atoms with Crippen LogP contribution in [-0.4, -0.2) is 67.2 Å². The topological polar surface area (TPSA) is 166 Å². The summed E-state index contributed by atoms with van der Waals surface area (Å²) in [6.07, 6.45) is -10.1. The molecule has 2 rings (SSSR count). The van der Waals surface area contributed by atoms with E-state index in [0.717, 1.165) is 36.4 Å². The lowest BCUT2D eigenvalue weighted by Crippen LogP contribution is -2.53. The Morgan fingerprint density at radius 2 is 1.38 bits per heavy atom. The molecule has 0 aliphatic carbocycles. The van der Waals surface area contributed by atoms with Crippen LogP contribution in [0.4, 0.5) is 26.3 Å². The second-order valence-electron chi connectivity index (χ2n) is 9.14. The standard InChI is InChI=1S/C26H32F6N6O4/c27-25(28,29)18-5-1-16(2-6-18)13-21(37-23(40)20(35)14-22(39)38(11-9-33)12-10-34)24(41)36-15-17-3-7-19(8-4-17)42-26(30,31)32/h1-8,20-21H,9-15,33-35H2,(H,36,41)(H,37,40)/t20-,21?/m0/s1. The minimum absolute atomic E-state index is 0.153. The quantitative estimate of drug-likeness (QED) is 0.203. The number of alkyl halides is 6. The fourth-order valence-corrected chi connectivity index (χ4v) is 3.76. The molecule has 0 aliphatic heterocycles. The van der Waals surface area contributed by atoms with Crippen molar-refractivity contribution in [3.8, 4) is 5.75 Å². The summed E-state index contributed by atoms with van der Waals surface area (Å²) in [6.45, 7) is 0.517. The summed E-state index contributed by atoms with van der Waals surface area (Å²) in [5.41, 5.74) is 16.7. The third-order valence-corrected chi connectivity index (χ3v) is 5.86. The molecule has 0 aromatic heterocycles. The summed E-state index contributed by atoms with van der Waals surface area (Å²) in [5.74, 6) is -2.59. The van der Waals surface area contributed by atoms with E-state index in [0.29, 0.717) is 5.56 Å². The van der Waals surface area contributed by atoms with Crippen molar-refractivity contribution in [1.82, 2.24) is 15.5 Å². The van der Waals surface area contributed by atoms with Gasteiger partial charge in [0.15, 0.2) is 0 Å². The summed E-state index contributed by atoms with van der Waals surface area (Å²) in [6, 6.07) is 5.89. The minimum atomic E-state index is -4.88. The van der Waals surface area contributed by atoms with Gasteiger partial charge in [-0.3, -0.25) is 14.4 Å². The zero-order valence-electron chi connectivity index (χ0n) is 22.3. The highest BCUT2D eigenvalue weighted by atomic mass is 19.4. The number of hydrogen-bond donors (Lipinski definition) is 5. The molecule has 0 saturated carbocycles. The molecule has 0 saturated heterocycles. The molecule has 10 nitrogen and oxygen atoms in total. The van der Waals surface area contributed by atoms with Crippen LogP contribution in [0.3, 0.4) is 0 Å². The molecule has 2 aromatic rings. The molecule has 3 amide bonds. The number of ether oxygens (including phenoxy) is 1. The van der Waals surface area contributed by atoms with E-state index in [1.165, 1.54) is 17.0 Å². The molecule has 0 radical (unpaired) electrons. The van der Waals surface area contributed by atoms with Gasteiger partial charge in [0, 0.05) is 39.1 Å². The van der Waals surface area contributed by atoms with Crippen LogP contribution in [0.15, 0.2) is 48.5 Å².